The summed E-state index contributed by atoms with van der Waals surface area (Å²) in [5.74, 6) is 0.142. The lowest BCUT2D eigenvalue weighted by molar-refractivity contribution is 0.0625. The molecule has 21 heavy (non-hydrogen) atoms. The first-order chi connectivity index (χ1) is 10.2. The molecule has 116 valence electrons. The van der Waals surface area contributed by atoms with E-state index in [-0.39, 0.29) is 5.91 Å². The maximum Gasteiger partial charge on any atom is 0.253 e. The van der Waals surface area contributed by atoms with Gasteiger partial charge in [0.2, 0.25) is 0 Å². The molecule has 1 aliphatic rings. The number of carbonyl (C=O) groups excluding carboxylic acids is 1. The molecule has 1 saturated heterocycles. The summed E-state index contributed by atoms with van der Waals surface area (Å²) in [7, 11) is 0. The smallest absolute Gasteiger partial charge is 0.253 e. The molecule has 0 unspecified atom stereocenters. The summed E-state index contributed by atoms with van der Waals surface area (Å²) in [4.78, 5) is 17.9. The zero-order valence-electron chi connectivity index (χ0n) is 13.1. The summed E-state index contributed by atoms with van der Waals surface area (Å²) in [6, 6.07) is 8.16. The van der Waals surface area contributed by atoms with Gasteiger partial charge >= 0.3 is 0 Å². The minimum absolute atomic E-state index is 0.142. The van der Waals surface area contributed by atoms with Crippen LogP contribution in [0.1, 0.15) is 43.5 Å². The minimum Gasteiger partial charge on any atom is -0.339 e. The number of likely N-dealkylation sites (tertiary alicyclic amines) is 1. The highest BCUT2D eigenvalue weighted by atomic mass is 32.1. The summed E-state index contributed by atoms with van der Waals surface area (Å²) < 4.78 is 0. The van der Waals surface area contributed by atoms with Crippen LogP contribution in [0, 0.1) is 0 Å². The van der Waals surface area contributed by atoms with Crippen molar-refractivity contribution in [3.8, 4) is 0 Å². The Labute approximate surface area is 133 Å². The second kappa shape index (κ2) is 7.85. The van der Waals surface area contributed by atoms with Gasteiger partial charge in [0.25, 0.3) is 5.91 Å². The van der Waals surface area contributed by atoms with E-state index in [1.165, 1.54) is 6.42 Å². The van der Waals surface area contributed by atoms with Crippen molar-refractivity contribution in [3.05, 3.63) is 29.8 Å². The van der Waals surface area contributed by atoms with Gasteiger partial charge in [-0.3, -0.25) is 4.79 Å². The van der Waals surface area contributed by atoms with E-state index < -0.39 is 0 Å². The summed E-state index contributed by atoms with van der Waals surface area (Å²) in [6.07, 6.45) is 3.36. The zero-order valence-corrected chi connectivity index (χ0v) is 14.0. The van der Waals surface area contributed by atoms with Gasteiger partial charge in [0.15, 0.2) is 0 Å². The fourth-order valence-corrected chi connectivity index (χ4v) is 3.37. The molecule has 4 heteroatoms. The standard InChI is InChI=1S/C17H26N2OS/c1-3-10-18(4-2)15-8-11-19(12-9-15)17(20)14-6-5-7-16(21)13-14/h5-7,13,15,21H,3-4,8-12H2,1-2H3. The Morgan fingerprint density at radius 2 is 2.05 bits per heavy atom. The number of benzene rings is 1. The second-order valence-corrected chi connectivity index (χ2v) is 6.22. The largest absolute Gasteiger partial charge is 0.339 e. The van der Waals surface area contributed by atoms with Gasteiger partial charge in [0, 0.05) is 29.6 Å². The van der Waals surface area contributed by atoms with Crippen molar-refractivity contribution in [2.45, 2.75) is 44.0 Å². The van der Waals surface area contributed by atoms with Crippen LogP contribution in [-0.4, -0.2) is 47.9 Å². The molecule has 0 saturated carbocycles. The molecule has 2 rings (SSSR count). The quantitative estimate of drug-likeness (QED) is 0.844. The fraction of sp³-hybridized carbons (Fsp3) is 0.588. The van der Waals surface area contributed by atoms with Crippen molar-refractivity contribution in [1.82, 2.24) is 9.80 Å². The molecule has 1 amide bonds. The average molecular weight is 306 g/mol. The monoisotopic (exact) mass is 306 g/mol. The molecule has 0 bridgehead atoms. The first kappa shape index (κ1) is 16.4. The van der Waals surface area contributed by atoms with Gasteiger partial charge in [-0.1, -0.05) is 19.9 Å². The van der Waals surface area contributed by atoms with Crippen molar-refractivity contribution >= 4 is 18.5 Å². The van der Waals surface area contributed by atoms with Crippen LogP contribution in [0.3, 0.4) is 0 Å². The number of hydrogen-bond donors (Lipinski definition) is 1. The van der Waals surface area contributed by atoms with Gasteiger partial charge in [-0.15, -0.1) is 12.6 Å². The molecule has 1 fully saturated rings. The summed E-state index contributed by atoms with van der Waals surface area (Å²) >= 11 is 4.31. The van der Waals surface area contributed by atoms with Crippen molar-refractivity contribution in [2.24, 2.45) is 0 Å². The molecule has 0 N–H and O–H groups in total. The molecule has 1 aliphatic heterocycles. The highest BCUT2D eigenvalue weighted by Gasteiger charge is 2.26. The first-order valence-corrected chi connectivity index (χ1v) is 8.42. The highest BCUT2D eigenvalue weighted by molar-refractivity contribution is 7.80. The molecule has 0 spiro atoms. The van der Waals surface area contributed by atoms with Gasteiger partial charge in [-0.25, -0.2) is 0 Å². The molecule has 0 aliphatic carbocycles. The summed E-state index contributed by atoms with van der Waals surface area (Å²) in [6.45, 7) is 8.45. The maximum atomic E-state index is 12.5. The van der Waals surface area contributed by atoms with Crippen LogP contribution < -0.4 is 0 Å². The van der Waals surface area contributed by atoms with E-state index in [0.29, 0.717) is 6.04 Å². The fourth-order valence-electron chi connectivity index (χ4n) is 3.14. The van der Waals surface area contributed by atoms with Crippen LogP contribution in [0.25, 0.3) is 0 Å². The van der Waals surface area contributed by atoms with Crippen LogP contribution in [0.5, 0.6) is 0 Å². The number of hydrogen-bond acceptors (Lipinski definition) is 3. The Bertz CT molecular complexity index is 470. The number of carbonyl (C=O) groups is 1. The Kier molecular flexibility index (Phi) is 6.12. The molecule has 3 nitrogen and oxygen atoms in total. The number of thiol groups is 1. The molecule has 1 heterocycles. The third kappa shape index (κ3) is 4.24. The van der Waals surface area contributed by atoms with Crippen LogP contribution >= 0.6 is 12.6 Å². The molecule has 1 aromatic rings. The van der Waals surface area contributed by atoms with E-state index in [1.807, 2.05) is 29.2 Å². The Morgan fingerprint density at radius 3 is 2.62 bits per heavy atom. The Hall–Kier alpha value is -1.00. The molecular weight excluding hydrogens is 280 g/mol. The van der Waals surface area contributed by atoms with Gasteiger partial charge in [-0.2, -0.15) is 0 Å². The van der Waals surface area contributed by atoms with Crippen molar-refractivity contribution in [2.75, 3.05) is 26.2 Å². The van der Waals surface area contributed by atoms with E-state index in [0.717, 1.165) is 49.5 Å². The number of nitrogens with zero attached hydrogens (tertiary/aromatic N) is 2. The van der Waals surface area contributed by atoms with Crippen LogP contribution in [0.4, 0.5) is 0 Å². The summed E-state index contributed by atoms with van der Waals surface area (Å²) in [5.41, 5.74) is 0.752. The van der Waals surface area contributed by atoms with E-state index in [4.69, 9.17) is 0 Å². The minimum atomic E-state index is 0.142. The summed E-state index contributed by atoms with van der Waals surface area (Å²) in [5, 5.41) is 0. The zero-order chi connectivity index (χ0) is 15.2. The van der Waals surface area contributed by atoms with E-state index in [1.54, 1.807) is 0 Å². The molecule has 0 atom stereocenters. The van der Waals surface area contributed by atoms with Crippen LogP contribution in [0.2, 0.25) is 0 Å². The molecule has 1 aromatic carbocycles. The van der Waals surface area contributed by atoms with Crippen molar-refractivity contribution < 1.29 is 4.79 Å². The van der Waals surface area contributed by atoms with Crippen molar-refractivity contribution in [1.29, 1.82) is 0 Å². The Balaban J connectivity index is 1.93. The predicted molar refractivity (Wildman–Crippen MR) is 90.2 cm³/mol. The normalized spacial score (nSPS) is 16.5. The Morgan fingerprint density at radius 1 is 1.33 bits per heavy atom. The number of amides is 1. The third-order valence-electron chi connectivity index (χ3n) is 4.28. The highest BCUT2D eigenvalue weighted by Crippen LogP contribution is 2.19. The predicted octanol–water partition coefficient (Wildman–Crippen LogP) is 3.31. The number of rotatable bonds is 5. The third-order valence-corrected chi connectivity index (χ3v) is 4.56. The van der Waals surface area contributed by atoms with Gasteiger partial charge in [-0.05, 0) is 50.6 Å². The van der Waals surface area contributed by atoms with Gasteiger partial charge < -0.3 is 9.80 Å². The first-order valence-electron chi connectivity index (χ1n) is 7.98. The van der Waals surface area contributed by atoms with Crippen LogP contribution in [0.15, 0.2) is 29.2 Å². The molecule has 0 aromatic heterocycles. The second-order valence-electron chi connectivity index (χ2n) is 5.70. The lowest BCUT2D eigenvalue weighted by Crippen LogP contribution is -2.46. The number of piperidine rings is 1. The lowest BCUT2D eigenvalue weighted by atomic mass is 10.0. The average Bonchev–Trinajstić information content (AvgIpc) is 2.52. The maximum absolute atomic E-state index is 12.5. The van der Waals surface area contributed by atoms with Gasteiger partial charge in [0.1, 0.15) is 0 Å². The molecular formula is C17H26N2OS. The van der Waals surface area contributed by atoms with Crippen LogP contribution in [-0.2, 0) is 0 Å². The van der Waals surface area contributed by atoms with E-state index >= 15 is 0 Å². The SMILES string of the molecule is CCCN(CC)C1CCN(C(=O)c2cccc(S)c2)CC1. The van der Waals surface area contributed by atoms with Gasteiger partial charge in [0.05, 0.1) is 0 Å². The molecule has 0 radical (unpaired) electrons. The van der Waals surface area contributed by atoms with Crippen molar-refractivity contribution in [3.63, 3.8) is 0 Å². The topological polar surface area (TPSA) is 23.6 Å². The lowest BCUT2D eigenvalue weighted by Gasteiger charge is -2.38. The van der Waals surface area contributed by atoms with E-state index in [2.05, 4.69) is 31.4 Å². The van der Waals surface area contributed by atoms with E-state index in [9.17, 15) is 4.79 Å².